The topological polar surface area (TPSA) is 55.9 Å². The van der Waals surface area contributed by atoms with Crippen molar-refractivity contribution in [1.82, 2.24) is 14.8 Å². The molecule has 0 spiro atoms. The molecule has 1 N–H and O–H groups in total. The number of oxazole rings is 1. The summed E-state index contributed by atoms with van der Waals surface area (Å²) in [5, 5.41) is 7.72. The molecule has 0 saturated carbocycles. The maximum Gasteiger partial charge on any atom is 0.181 e. The van der Waals surface area contributed by atoms with Crippen molar-refractivity contribution in [2.24, 2.45) is 0 Å². The van der Waals surface area contributed by atoms with Crippen LogP contribution < -0.4 is 5.32 Å². The molecule has 3 rings (SSSR count). The molecule has 0 saturated heterocycles. The normalized spacial score (nSPS) is 11.0. The van der Waals surface area contributed by atoms with Crippen LogP contribution in [0, 0.1) is 0 Å². The van der Waals surface area contributed by atoms with E-state index in [1.54, 1.807) is 6.20 Å². The van der Waals surface area contributed by atoms with Gasteiger partial charge < -0.3 is 9.73 Å². The van der Waals surface area contributed by atoms with Gasteiger partial charge in [-0.25, -0.2) is 4.98 Å². The summed E-state index contributed by atoms with van der Waals surface area (Å²) in [6.45, 7) is 4.99. The lowest BCUT2D eigenvalue weighted by atomic mass is 10.1. The average molecular weight is 282 g/mol. The van der Waals surface area contributed by atoms with Gasteiger partial charge in [0.15, 0.2) is 12.2 Å². The summed E-state index contributed by atoms with van der Waals surface area (Å²) in [6.07, 6.45) is 7.12. The monoisotopic (exact) mass is 282 g/mol. The molecule has 3 aromatic rings. The molecule has 2 aromatic heterocycles. The third-order valence-corrected chi connectivity index (χ3v) is 3.28. The standard InChI is InChI=1S/C16H18N4O/c1-12(2)20-10-13(8-19-20)7-18-15-5-3-14(4-6-15)16-9-17-11-21-16/h3-6,8-12,18H,7H2,1-2H3. The van der Waals surface area contributed by atoms with E-state index < -0.39 is 0 Å². The Balaban J connectivity index is 1.62. The molecule has 0 fully saturated rings. The number of anilines is 1. The maximum atomic E-state index is 5.27. The van der Waals surface area contributed by atoms with Crippen LogP contribution in [0.4, 0.5) is 5.69 Å². The summed E-state index contributed by atoms with van der Waals surface area (Å²) in [6, 6.07) is 8.48. The third kappa shape index (κ3) is 3.13. The molecule has 5 nitrogen and oxygen atoms in total. The van der Waals surface area contributed by atoms with E-state index in [4.69, 9.17) is 4.42 Å². The first kappa shape index (κ1) is 13.4. The van der Waals surface area contributed by atoms with E-state index in [1.807, 2.05) is 35.1 Å². The zero-order valence-electron chi connectivity index (χ0n) is 12.2. The second-order valence-electron chi connectivity index (χ2n) is 5.22. The molecule has 0 amide bonds. The first-order valence-electron chi connectivity index (χ1n) is 6.98. The minimum absolute atomic E-state index is 0.389. The first-order valence-corrected chi connectivity index (χ1v) is 6.98. The smallest absolute Gasteiger partial charge is 0.181 e. The molecule has 0 aliphatic rings. The molecule has 0 unspecified atom stereocenters. The molecule has 0 atom stereocenters. The highest BCUT2D eigenvalue weighted by atomic mass is 16.3. The van der Waals surface area contributed by atoms with Crippen molar-refractivity contribution in [2.75, 3.05) is 5.32 Å². The van der Waals surface area contributed by atoms with Crippen LogP contribution >= 0.6 is 0 Å². The van der Waals surface area contributed by atoms with Crippen molar-refractivity contribution in [3.8, 4) is 11.3 Å². The van der Waals surface area contributed by atoms with Gasteiger partial charge in [0.05, 0.1) is 12.4 Å². The molecule has 108 valence electrons. The van der Waals surface area contributed by atoms with E-state index in [0.29, 0.717) is 6.04 Å². The van der Waals surface area contributed by atoms with Gasteiger partial charge in [-0.3, -0.25) is 4.68 Å². The highest BCUT2D eigenvalue weighted by Crippen LogP contribution is 2.21. The maximum absolute atomic E-state index is 5.27. The molecule has 2 heterocycles. The van der Waals surface area contributed by atoms with E-state index >= 15 is 0 Å². The Morgan fingerprint density at radius 3 is 2.62 bits per heavy atom. The fourth-order valence-electron chi connectivity index (χ4n) is 2.07. The lowest BCUT2D eigenvalue weighted by Crippen LogP contribution is -2.01. The first-order chi connectivity index (χ1) is 10.2. The average Bonchev–Trinajstić information content (AvgIpc) is 3.17. The van der Waals surface area contributed by atoms with Crippen LogP contribution in [0.3, 0.4) is 0 Å². The predicted octanol–water partition coefficient (Wildman–Crippen LogP) is 3.73. The van der Waals surface area contributed by atoms with Crippen LogP contribution in [0.2, 0.25) is 0 Å². The largest absolute Gasteiger partial charge is 0.444 e. The Kier molecular flexibility index (Phi) is 3.73. The molecule has 5 heteroatoms. The van der Waals surface area contributed by atoms with Crippen molar-refractivity contribution < 1.29 is 4.42 Å². The van der Waals surface area contributed by atoms with Crippen LogP contribution in [0.15, 0.2) is 53.7 Å². The third-order valence-electron chi connectivity index (χ3n) is 3.28. The molecular weight excluding hydrogens is 264 g/mol. The second kappa shape index (κ2) is 5.83. The lowest BCUT2D eigenvalue weighted by Gasteiger charge is -2.06. The molecule has 0 aliphatic carbocycles. The van der Waals surface area contributed by atoms with E-state index in [-0.39, 0.29) is 0 Å². The summed E-state index contributed by atoms with van der Waals surface area (Å²) in [4.78, 5) is 3.92. The quantitative estimate of drug-likeness (QED) is 0.774. The Morgan fingerprint density at radius 2 is 2.00 bits per heavy atom. The van der Waals surface area contributed by atoms with Gasteiger partial charge in [-0.05, 0) is 38.1 Å². The summed E-state index contributed by atoms with van der Waals surface area (Å²) >= 11 is 0. The van der Waals surface area contributed by atoms with E-state index in [1.165, 1.54) is 12.0 Å². The summed E-state index contributed by atoms with van der Waals surface area (Å²) in [5.41, 5.74) is 3.25. The fraction of sp³-hybridized carbons (Fsp3) is 0.250. The number of aromatic nitrogens is 3. The van der Waals surface area contributed by atoms with Crippen LogP contribution in [-0.2, 0) is 6.54 Å². The summed E-state index contributed by atoms with van der Waals surface area (Å²) in [5.74, 6) is 0.778. The van der Waals surface area contributed by atoms with Crippen molar-refractivity contribution in [3.05, 3.63) is 54.8 Å². The minimum atomic E-state index is 0.389. The predicted molar refractivity (Wildman–Crippen MR) is 81.9 cm³/mol. The van der Waals surface area contributed by atoms with Crippen molar-refractivity contribution >= 4 is 5.69 Å². The Bertz CT molecular complexity index is 683. The summed E-state index contributed by atoms with van der Waals surface area (Å²) in [7, 11) is 0. The molecular formula is C16H18N4O. The number of rotatable bonds is 5. The molecule has 1 aromatic carbocycles. The minimum Gasteiger partial charge on any atom is -0.444 e. The highest BCUT2D eigenvalue weighted by Gasteiger charge is 2.03. The van der Waals surface area contributed by atoms with Gasteiger partial charge in [-0.15, -0.1) is 0 Å². The van der Waals surface area contributed by atoms with E-state index in [2.05, 4.69) is 35.4 Å². The molecule has 0 bridgehead atoms. The lowest BCUT2D eigenvalue weighted by molar-refractivity contribution is 0.532. The van der Waals surface area contributed by atoms with Crippen LogP contribution in [0.5, 0.6) is 0 Å². The Morgan fingerprint density at radius 1 is 1.19 bits per heavy atom. The second-order valence-corrected chi connectivity index (χ2v) is 5.22. The van der Waals surface area contributed by atoms with Crippen molar-refractivity contribution in [1.29, 1.82) is 0 Å². The number of nitrogens with zero attached hydrogens (tertiary/aromatic N) is 3. The van der Waals surface area contributed by atoms with Crippen molar-refractivity contribution in [2.45, 2.75) is 26.4 Å². The van der Waals surface area contributed by atoms with Gasteiger partial charge in [-0.2, -0.15) is 5.10 Å². The van der Waals surface area contributed by atoms with Crippen molar-refractivity contribution in [3.63, 3.8) is 0 Å². The molecule has 0 radical (unpaired) electrons. The highest BCUT2D eigenvalue weighted by molar-refractivity contribution is 5.60. The van der Waals surface area contributed by atoms with Gasteiger partial charge in [0, 0.05) is 35.6 Å². The number of nitrogens with one attached hydrogen (secondary N) is 1. The number of hydrogen-bond acceptors (Lipinski definition) is 4. The molecule has 21 heavy (non-hydrogen) atoms. The van der Waals surface area contributed by atoms with Gasteiger partial charge in [0.1, 0.15) is 0 Å². The zero-order chi connectivity index (χ0) is 14.7. The van der Waals surface area contributed by atoms with Crippen LogP contribution in [0.25, 0.3) is 11.3 Å². The van der Waals surface area contributed by atoms with Gasteiger partial charge in [0.2, 0.25) is 0 Å². The fourth-order valence-corrected chi connectivity index (χ4v) is 2.07. The van der Waals surface area contributed by atoms with Gasteiger partial charge >= 0.3 is 0 Å². The van der Waals surface area contributed by atoms with E-state index in [0.717, 1.165) is 23.6 Å². The number of benzene rings is 1. The van der Waals surface area contributed by atoms with Gasteiger partial charge in [-0.1, -0.05) is 0 Å². The SMILES string of the molecule is CC(C)n1cc(CNc2ccc(-c3cnco3)cc2)cn1. The zero-order valence-corrected chi connectivity index (χ0v) is 12.2. The Labute approximate surface area is 123 Å². The molecule has 0 aliphatic heterocycles. The summed E-state index contributed by atoms with van der Waals surface area (Å²) < 4.78 is 7.23. The number of hydrogen-bond donors (Lipinski definition) is 1. The van der Waals surface area contributed by atoms with Crippen LogP contribution in [-0.4, -0.2) is 14.8 Å². The van der Waals surface area contributed by atoms with Gasteiger partial charge in [0.25, 0.3) is 0 Å². The van der Waals surface area contributed by atoms with E-state index in [9.17, 15) is 0 Å². The van der Waals surface area contributed by atoms with Crippen LogP contribution in [0.1, 0.15) is 25.5 Å². The Hall–Kier alpha value is -2.56.